The Morgan fingerprint density at radius 2 is 1.78 bits per heavy atom. The van der Waals surface area contributed by atoms with E-state index in [1.807, 2.05) is 13.0 Å². The lowest BCUT2D eigenvalue weighted by Gasteiger charge is -2.42. The Hall–Kier alpha value is -1.57. The minimum absolute atomic E-state index is 0.200. The van der Waals surface area contributed by atoms with Gasteiger partial charge in [-0.3, -0.25) is 0 Å². The highest BCUT2D eigenvalue weighted by Crippen LogP contribution is 2.46. The smallest absolute Gasteiger partial charge is 0.330 e. The third-order valence-electron chi connectivity index (χ3n) is 5.21. The van der Waals surface area contributed by atoms with Crippen molar-refractivity contribution in [2.45, 2.75) is 71.1 Å². The Labute approximate surface area is 140 Å². The van der Waals surface area contributed by atoms with E-state index in [0.717, 1.165) is 0 Å². The average molecular weight is 314 g/mol. The molecule has 126 valence electrons. The number of carbonyl (C=O) groups excluding carboxylic acids is 1. The molecule has 1 unspecified atom stereocenters. The zero-order chi connectivity index (χ0) is 17.3. The zero-order valence-corrected chi connectivity index (χ0v) is 15.4. The van der Waals surface area contributed by atoms with Crippen LogP contribution in [0, 0.1) is 0 Å². The number of rotatable bonds is 4. The summed E-state index contributed by atoms with van der Waals surface area (Å²) in [5, 5.41) is 0. The third kappa shape index (κ3) is 3.85. The molecule has 2 heteroatoms. The van der Waals surface area contributed by atoms with Crippen LogP contribution in [0.1, 0.15) is 77.0 Å². The Morgan fingerprint density at radius 1 is 1.17 bits per heavy atom. The molecular weight excluding hydrogens is 284 g/mol. The minimum Gasteiger partial charge on any atom is -0.463 e. The van der Waals surface area contributed by atoms with E-state index in [2.05, 4.69) is 52.8 Å². The second kappa shape index (κ2) is 6.51. The minimum atomic E-state index is -0.265. The Balaban J connectivity index is 2.31. The first-order valence-electron chi connectivity index (χ1n) is 8.67. The second-order valence-corrected chi connectivity index (χ2v) is 7.97. The highest BCUT2D eigenvalue weighted by Gasteiger charge is 2.36. The Bertz CT molecular complexity index is 608. The van der Waals surface area contributed by atoms with Gasteiger partial charge in [-0.25, -0.2) is 4.79 Å². The second-order valence-electron chi connectivity index (χ2n) is 7.97. The van der Waals surface area contributed by atoms with E-state index in [1.54, 1.807) is 6.08 Å². The van der Waals surface area contributed by atoms with Crippen LogP contribution in [0.4, 0.5) is 0 Å². The monoisotopic (exact) mass is 314 g/mol. The van der Waals surface area contributed by atoms with Crippen LogP contribution in [-0.2, 0) is 20.4 Å². The summed E-state index contributed by atoms with van der Waals surface area (Å²) in [6.45, 7) is 13.7. The van der Waals surface area contributed by atoms with Crippen LogP contribution < -0.4 is 0 Å². The molecular formula is C21H30O2. The van der Waals surface area contributed by atoms with Crippen LogP contribution in [0.3, 0.4) is 0 Å². The predicted molar refractivity (Wildman–Crippen MR) is 95.9 cm³/mol. The number of allylic oxidation sites excluding steroid dienone is 1. The quantitative estimate of drug-likeness (QED) is 0.560. The molecule has 0 bridgehead atoms. The molecule has 0 amide bonds. The van der Waals surface area contributed by atoms with Crippen LogP contribution in [0.15, 0.2) is 30.4 Å². The van der Waals surface area contributed by atoms with Gasteiger partial charge in [0.1, 0.15) is 0 Å². The van der Waals surface area contributed by atoms with Gasteiger partial charge in [0.15, 0.2) is 0 Å². The van der Waals surface area contributed by atoms with E-state index in [1.165, 1.54) is 29.5 Å². The molecule has 1 aliphatic carbocycles. The Kier molecular flexibility index (Phi) is 5.03. The first kappa shape index (κ1) is 17.8. The van der Waals surface area contributed by atoms with E-state index in [-0.39, 0.29) is 22.7 Å². The van der Waals surface area contributed by atoms with Gasteiger partial charge in [-0.2, -0.15) is 0 Å². The van der Waals surface area contributed by atoms with Crippen molar-refractivity contribution in [3.05, 3.63) is 47.0 Å². The van der Waals surface area contributed by atoms with Gasteiger partial charge >= 0.3 is 5.97 Å². The number of ether oxygens (including phenoxy) is 1. The number of esters is 1. The van der Waals surface area contributed by atoms with Crippen molar-refractivity contribution < 1.29 is 9.53 Å². The average Bonchev–Trinajstić information content (AvgIpc) is 2.49. The van der Waals surface area contributed by atoms with Gasteiger partial charge in [0, 0.05) is 6.08 Å². The van der Waals surface area contributed by atoms with Crippen molar-refractivity contribution in [3.8, 4) is 0 Å². The van der Waals surface area contributed by atoms with Crippen molar-refractivity contribution >= 4 is 5.97 Å². The van der Waals surface area contributed by atoms with Gasteiger partial charge in [0.25, 0.3) is 0 Å². The molecule has 0 saturated carbocycles. The van der Waals surface area contributed by atoms with Gasteiger partial charge in [-0.1, -0.05) is 58.9 Å². The molecule has 0 heterocycles. The largest absolute Gasteiger partial charge is 0.463 e. The molecule has 0 N–H and O–H groups in total. The number of hydrogen-bond donors (Lipinski definition) is 0. The van der Waals surface area contributed by atoms with Crippen molar-refractivity contribution in [3.63, 3.8) is 0 Å². The molecule has 1 aliphatic rings. The number of fused-ring (bicyclic) bond motifs is 1. The molecule has 2 nitrogen and oxygen atoms in total. The molecule has 2 rings (SSSR count). The molecule has 0 aromatic heterocycles. The summed E-state index contributed by atoms with van der Waals surface area (Å²) >= 11 is 0. The predicted octanol–water partition coefficient (Wildman–Crippen LogP) is 5.26. The summed E-state index contributed by atoms with van der Waals surface area (Å²) < 4.78 is 4.95. The normalized spacial score (nSPS) is 20.1. The van der Waals surface area contributed by atoms with Crippen molar-refractivity contribution in [2.75, 3.05) is 6.61 Å². The van der Waals surface area contributed by atoms with Crippen LogP contribution in [0.2, 0.25) is 0 Å². The maximum atomic E-state index is 11.5. The van der Waals surface area contributed by atoms with Crippen molar-refractivity contribution in [1.82, 2.24) is 0 Å². The number of carbonyl (C=O) groups is 1. The van der Waals surface area contributed by atoms with E-state index >= 15 is 0 Å². The maximum Gasteiger partial charge on any atom is 0.330 e. The lowest BCUT2D eigenvalue weighted by Crippen LogP contribution is -2.33. The summed E-state index contributed by atoms with van der Waals surface area (Å²) in [7, 11) is 0. The van der Waals surface area contributed by atoms with Gasteiger partial charge in [-0.15, -0.1) is 0 Å². The lowest BCUT2D eigenvalue weighted by atomic mass is 9.63. The molecule has 1 aromatic rings. The zero-order valence-electron chi connectivity index (χ0n) is 15.4. The molecule has 1 atom stereocenters. The van der Waals surface area contributed by atoms with Crippen molar-refractivity contribution in [1.29, 1.82) is 0 Å². The molecule has 0 radical (unpaired) electrons. The van der Waals surface area contributed by atoms with Crippen molar-refractivity contribution in [2.24, 2.45) is 0 Å². The highest BCUT2D eigenvalue weighted by atomic mass is 16.5. The van der Waals surface area contributed by atoms with Crippen LogP contribution >= 0.6 is 0 Å². The van der Waals surface area contributed by atoms with Crippen LogP contribution in [0.25, 0.3) is 0 Å². The van der Waals surface area contributed by atoms with E-state index in [9.17, 15) is 4.79 Å². The third-order valence-corrected chi connectivity index (χ3v) is 5.21. The topological polar surface area (TPSA) is 26.3 Å². The summed E-state index contributed by atoms with van der Waals surface area (Å²) in [6.07, 6.45) is 5.91. The molecule has 0 aliphatic heterocycles. The summed E-state index contributed by atoms with van der Waals surface area (Å²) in [6, 6.07) is 6.85. The maximum absolute atomic E-state index is 11.5. The van der Waals surface area contributed by atoms with E-state index in [4.69, 9.17) is 4.74 Å². The fourth-order valence-electron chi connectivity index (χ4n) is 3.41. The molecule has 0 fully saturated rings. The fraction of sp³-hybridized carbons (Fsp3) is 0.571. The van der Waals surface area contributed by atoms with Gasteiger partial charge in [0.2, 0.25) is 0 Å². The standard InChI is InChI=1S/C21H30O2/c1-7-23-19(22)11-8-15(2)16-9-10-17-18(14-16)21(5,6)13-12-20(17,3)4/h8-11,14-15H,7,12-13H2,1-6H3. The van der Waals surface area contributed by atoms with Crippen LogP contribution in [0.5, 0.6) is 0 Å². The first-order chi connectivity index (χ1) is 10.7. The number of hydrogen-bond acceptors (Lipinski definition) is 2. The fourth-order valence-corrected chi connectivity index (χ4v) is 3.41. The molecule has 0 saturated heterocycles. The summed E-state index contributed by atoms with van der Waals surface area (Å²) in [5.41, 5.74) is 4.65. The summed E-state index contributed by atoms with van der Waals surface area (Å²) in [4.78, 5) is 11.5. The van der Waals surface area contributed by atoms with Gasteiger partial charge in [-0.05, 0) is 53.2 Å². The molecule has 0 spiro atoms. The van der Waals surface area contributed by atoms with Gasteiger partial charge in [0.05, 0.1) is 6.61 Å². The van der Waals surface area contributed by atoms with Gasteiger partial charge < -0.3 is 4.74 Å². The molecule has 23 heavy (non-hydrogen) atoms. The number of benzene rings is 1. The van der Waals surface area contributed by atoms with E-state index < -0.39 is 0 Å². The summed E-state index contributed by atoms with van der Waals surface area (Å²) in [5.74, 6) is -0.0654. The first-order valence-corrected chi connectivity index (χ1v) is 8.67. The highest BCUT2D eigenvalue weighted by molar-refractivity contribution is 5.82. The Morgan fingerprint density at radius 3 is 2.39 bits per heavy atom. The van der Waals surface area contributed by atoms with Crippen LogP contribution in [-0.4, -0.2) is 12.6 Å². The molecule has 1 aromatic carbocycles. The SMILES string of the molecule is CCOC(=O)C=CC(C)c1ccc2c(c1)C(C)(C)CCC2(C)C. The lowest BCUT2D eigenvalue weighted by molar-refractivity contribution is -0.137. The van der Waals surface area contributed by atoms with E-state index in [0.29, 0.717) is 6.61 Å².